The van der Waals surface area contributed by atoms with Crippen LogP contribution in [0, 0.1) is 11.7 Å². The number of hydrogen-bond acceptors (Lipinski definition) is 2. The number of nitrogens with two attached hydrogens (primary N) is 1. The van der Waals surface area contributed by atoms with Crippen LogP contribution in [-0.4, -0.2) is 30.4 Å². The van der Waals surface area contributed by atoms with E-state index in [1.165, 1.54) is 12.1 Å². The monoisotopic (exact) mass is 266 g/mol. The summed E-state index contributed by atoms with van der Waals surface area (Å²) in [5.74, 6) is -0.0933. The highest BCUT2D eigenvalue weighted by Gasteiger charge is 2.22. The fourth-order valence-electron chi connectivity index (χ4n) is 1.81. The van der Waals surface area contributed by atoms with Gasteiger partial charge in [0.1, 0.15) is 5.82 Å². The first-order chi connectivity index (χ1) is 8.95. The minimum Gasteiger partial charge on any atom is -0.344 e. The molecule has 0 aliphatic rings. The minimum absolute atomic E-state index is 0.0311. The molecule has 106 valence electrons. The fraction of sp³-hybridized carbons (Fsp3) is 0.533. The number of amides is 1. The molecule has 1 rings (SSSR count). The summed E-state index contributed by atoms with van der Waals surface area (Å²) < 4.78 is 12.8. The van der Waals surface area contributed by atoms with Crippen molar-refractivity contribution >= 4 is 5.91 Å². The number of hydrogen-bond donors (Lipinski definition) is 1. The summed E-state index contributed by atoms with van der Waals surface area (Å²) in [7, 11) is 1.76. The molecule has 0 fully saturated rings. The van der Waals surface area contributed by atoms with Crippen molar-refractivity contribution in [3.05, 3.63) is 35.6 Å². The van der Waals surface area contributed by atoms with Crippen LogP contribution in [0.25, 0.3) is 0 Å². The lowest BCUT2D eigenvalue weighted by atomic mass is 9.99. The summed E-state index contributed by atoms with van der Waals surface area (Å²) in [4.78, 5) is 13.7. The average Bonchev–Trinajstić information content (AvgIpc) is 2.43. The van der Waals surface area contributed by atoms with E-state index in [4.69, 9.17) is 5.73 Å². The van der Waals surface area contributed by atoms with E-state index in [9.17, 15) is 9.18 Å². The van der Waals surface area contributed by atoms with Crippen molar-refractivity contribution in [3.63, 3.8) is 0 Å². The van der Waals surface area contributed by atoms with Crippen LogP contribution in [-0.2, 0) is 11.2 Å². The van der Waals surface area contributed by atoms with Crippen molar-refractivity contribution in [2.75, 3.05) is 13.6 Å². The van der Waals surface area contributed by atoms with Gasteiger partial charge in [0.2, 0.25) is 5.91 Å². The summed E-state index contributed by atoms with van der Waals surface area (Å²) in [5, 5.41) is 0. The molecule has 2 unspecified atom stereocenters. The predicted molar refractivity (Wildman–Crippen MR) is 75.2 cm³/mol. The van der Waals surface area contributed by atoms with E-state index in [0.29, 0.717) is 13.0 Å². The zero-order chi connectivity index (χ0) is 14.4. The zero-order valence-electron chi connectivity index (χ0n) is 11.9. The molecule has 1 amide bonds. The Morgan fingerprint density at radius 3 is 2.47 bits per heavy atom. The van der Waals surface area contributed by atoms with Gasteiger partial charge in [0.15, 0.2) is 0 Å². The molecule has 3 nitrogen and oxygen atoms in total. The Balaban J connectivity index is 2.48. The Morgan fingerprint density at radius 2 is 1.95 bits per heavy atom. The van der Waals surface area contributed by atoms with Gasteiger partial charge in [0, 0.05) is 13.6 Å². The summed E-state index contributed by atoms with van der Waals surface area (Å²) in [6.07, 6.45) is 1.59. The van der Waals surface area contributed by atoms with Crippen molar-refractivity contribution in [1.82, 2.24) is 4.90 Å². The molecule has 0 aliphatic heterocycles. The van der Waals surface area contributed by atoms with Crippen LogP contribution in [0.2, 0.25) is 0 Å². The largest absolute Gasteiger partial charge is 0.344 e. The second kappa shape index (κ2) is 7.24. The molecule has 0 spiro atoms. The van der Waals surface area contributed by atoms with Gasteiger partial charge >= 0.3 is 0 Å². The Labute approximate surface area is 114 Å². The van der Waals surface area contributed by atoms with Crippen LogP contribution in [0.3, 0.4) is 0 Å². The van der Waals surface area contributed by atoms with Gasteiger partial charge in [-0.2, -0.15) is 0 Å². The predicted octanol–water partition coefficient (Wildman–Crippen LogP) is 2.20. The smallest absolute Gasteiger partial charge is 0.239 e. The van der Waals surface area contributed by atoms with E-state index in [1.807, 2.05) is 13.8 Å². The maximum Gasteiger partial charge on any atom is 0.239 e. The third-order valence-corrected chi connectivity index (χ3v) is 3.57. The number of benzene rings is 1. The average molecular weight is 266 g/mol. The highest BCUT2D eigenvalue weighted by molar-refractivity contribution is 5.81. The van der Waals surface area contributed by atoms with Gasteiger partial charge in [-0.15, -0.1) is 0 Å². The zero-order valence-corrected chi connectivity index (χ0v) is 11.9. The highest BCUT2D eigenvalue weighted by Crippen LogP contribution is 2.09. The van der Waals surface area contributed by atoms with E-state index in [2.05, 4.69) is 0 Å². The molecule has 0 radical (unpaired) electrons. The first-order valence-corrected chi connectivity index (χ1v) is 6.70. The number of carbonyl (C=O) groups excluding carboxylic acids is 1. The third-order valence-electron chi connectivity index (χ3n) is 3.57. The Morgan fingerprint density at radius 1 is 1.37 bits per heavy atom. The molecular formula is C15H23FN2O. The molecule has 1 aromatic carbocycles. The number of halogens is 1. The highest BCUT2D eigenvalue weighted by atomic mass is 19.1. The summed E-state index contributed by atoms with van der Waals surface area (Å²) in [6.45, 7) is 4.60. The molecule has 0 aliphatic carbocycles. The Bertz CT molecular complexity index is 405. The molecule has 1 aromatic rings. The van der Waals surface area contributed by atoms with Crippen molar-refractivity contribution in [1.29, 1.82) is 0 Å². The lowest BCUT2D eigenvalue weighted by Crippen LogP contribution is -2.46. The van der Waals surface area contributed by atoms with Crippen LogP contribution in [0.4, 0.5) is 4.39 Å². The van der Waals surface area contributed by atoms with Gasteiger partial charge in [-0.05, 0) is 30.0 Å². The molecule has 0 heterocycles. The molecule has 4 heteroatoms. The van der Waals surface area contributed by atoms with Crippen molar-refractivity contribution in [2.24, 2.45) is 11.7 Å². The Hall–Kier alpha value is -1.42. The lowest BCUT2D eigenvalue weighted by molar-refractivity contribution is -0.132. The van der Waals surface area contributed by atoms with E-state index in [0.717, 1.165) is 12.0 Å². The van der Waals surface area contributed by atoms with Crippen molar-refractivity contribution in [2.45, 2.75) is 32.7 Å². The van der Waals surface area contributed by atoms with Gasteiger partial charge in [0.05, 0.1) is 6.04 Å². The van der Waals surface area contributed by atoms with E-state index >= 15 is 0 Å². The molecule has 19 heavy (non-hydrogen) atoms. The number of likely N-dealkylation sites (N-methyl/N-ethyl adjacent to an activating group) is 1. The first-order valence-electron chi connectivity index (χ1n) is 6.70. The minimum atomic E-state index is -0.441. The second-order valence-electron chi connectivity index (χ2n) is 5.05. The van der Waals surface area contributed by atoms with Crippen LogP contribution in [0.15, 0.2) is 24.3 Å². The second-order valence-corrected chi connectivity index (χ2v) is 5.05. The first kappa shape index (κ1) is 15.6. The number of rotatable bonds is 6. The summed E-state index contributed by atoms with van der Waals surface area (Å²) in [6, 6.07) is 5.90. The SMILES string of the molecule is CCC(C)C(N)C(=O)N(C)CCc1ccc(F)cc1. The van der Waals surface area contributed by atoms with Gasteiger partial charge in [-0.1, -0.05) is 32.4 Å². The standard InChI is InChI=1S/C15H23FN2O/c1-4-11(2)14(17)15(19)18(3)10-9-12-5-7-13(16)8-6-12/h5-8,11,14H,4,9-10,17H2,1-3H3. The molecule has 0 saturated carbocycles. The van der Waals surface area contributed by atoms with Gasteiger partial charge < -0.3 is 10.6 Å². The van der Waals surface area contributed by atoms with E-state index in [-0.39, 0.29) is 17.6 Å². The van der Waals surface area contributed by atoms with Gasteiger partial charge in [-0.25, -0.2) is 4.39 Å². The number of carbonyl (C=O) groups is 1. The lowest BCUT2D eigenvalue weighted by Gasteiger charge is -2.24. The third kappa shape index (κ3) is 4.63. The summed E-state index contributed by atoms with van der Waals surface area (Å²) >= 11 is 0. The number of nitrogens with zero attached hydrogens (tertiary/aromatic N) is 1. The van der Waals surface area contributed by atoms with Gasteiger partial charge in [-0.3, -0.25) is 4.79 Å². The van der Waals surface area contributed by atoms with Crippen LogP contribution in [0.5, 0.6) is 0 Å². The van der Waals surface area contributed by atoms with Crippen molar-refractivity contribution < 1.29 is 9.18 Å². The normalized spacial score (nSPS) is 13.9. The molecule has 2 atom stereocenters. The fourth-order valence-corrected chi connectivity index (χ4v) is 1.81. The van der Waals surface area contributed by atoms with Crippen LogP contribution < -0.4 is 5.73 Å². The van der Waals surface area contributed by atoms with E-state index in [1.54, 1.807) is 24.1 Å². The Kier molecular flexibility index (Phi) is 5.96. The van der Waals surface area contributed by atoms with Crippen LogP contribution >= 0.6 is 0 Å². The maximum atomic E-state index is 12.8. The maximum absolute atomic E-state index is 12.8. The van der Waals surface area contributed by atoms with Gasteiger partial charge in [0.25, 0.3) is 0 Å². The molecule has 2 N–H and O–H groups in total. The quantitative estimate of drug-likeness (QED) is 0.858. The summed E-state index contributed by atoms with van der Waals surface area (Å²) in [5.41, 5.74) is 6.93. The van der Waals surface area contributed by atoms with E-state index < -0.39 is 6.04 Å². The molecule has 0 saturated heterocycles. The van der Waals surface area contributed by atoms with Crippen LogP contribution in [0.1, 0.15) is 25.8 Å². The van der Waals surface area contributed by atoms with Crippen molar-refractivity contribution in [3.8, 4) is 0 Å². The molecule has 0 bridgehead atoms. The topological polar surface area (TPSA) is 46.3 Å². The molecule has 0 aromatic heterocycles. The molecular weight excluding hydrogens is 243 g/mol.